The molecule has 0 bridgehead atoms. The van der Waals surface area contributed by atoms with Crippen molar-refractivity contribution in [1.29, 1.82) is 0 Å². The van der Waals surface area contributed by atoms with Gasteiger partial charge >= 0.3 is 0 Å². The molecule has 7 heteroatoms. The minimum absolute atomic E-state index is 0.118. The first-order valence-electron chi connectivity index (χ1n) is 10.4. The first kappa shape index (κ1) is 21.1. The Kier molecular flexibility index (Phi) is 5.58. The van der Waals surface area contributed by atoms with Crippen molar-refractivity contribution < 1.29 is 4.79 Å². The van der Waals surface area contributed by atoms with Crippen LogP contribution in [0.2, 0.25) is 5.15 Å². The summed E-state index contributed by atoms with van der Waals surface area (Å²) in [5, 5.41) is 9.72. The molecule has 0 radical (unpaired) electrons. The molecule has 31 heavy (non-hydrogen) atoms. The molecule has 6 nitrogen and oxygen atoms in total. The zero-order chi connectivity index (χ0) is 22.3. The second-order valence-corrected chi connectivity index (χ2v) is 8.51. The number of aromatic nitrogens is 5. The summed E-state index contributed by atoms with van der Waals surface area (Å²) < 4.78 is 5.70. The van der Waals surface area contributed by atoms with E-state index in [4.69, 9.17) is 11.6 Å². The van der Waals surface area contributed by atoms with E-state index in [1.165, 1.54) is 0 Å². The Morgan fingerprint density at radius 1 is 1.16 bits per heavy atom. The largest absolute Gasteiger partial charge is 0.320 e. The molecule has 0 N–H and O–H groups in total. The summed E-state index contributed by atoms with van der Waals surface area (Å²) >= 11 is 6.53. The number of carbonyl (C=O) groups is 1. The molecular formula is C24H26ClN5O. The highest BCUT2D eigenvalue weighted by molar-refractivity contribution is 6.31. The van der Waals surface area contributed by atoms with Gasteiger partial charge in [0.1, 0.15) is 10.8 Å². The molecule has 0 atom stereocenters. The number of para-hydroxylation sites is 2. The van der Waals surface area contributed by atoms with Crippen molar-refractivity contribution in [3.05, 3.63) is 70.7 Å². The van der Waals surface area contributed by atoms with E-state index in [2.05, 4.69) is 35.2 Å². The van der Waals surface area contributed by atoms with Gasteiger partial charge in [-0.25, -0.2) is 4.52 Å². The number of halogens is 1. The topological polar surface area (TPSA) is 57.1 Å². The minimum atomic E-state index is -0.118. The van der Waals surface area contributed by atoms with Gasteiger partial charge in [-0.2, -0.15) is 10.2 Å². The summed E-state index contributed by atoms with van der Waals surface area (Å²) in [4.78, 5) is 13.3. The lowest BCUT2D eigenvalue weighted by Crippen LogP contribution is -2.06. The van der Waals surface area contributed by atoms with Gasteiger partial charge in [0.2, 0.25) is 0 Å². The first-order valence-corrected chi connectivity index (χ1v) is 10.7. The zero-order valence-corrected chi connectivity index (χ0v) is 19.0. The van der Waals surface area contributed by atoms with Crippen molar-refractivity contribution in [3.8, 4) is 0 Å². The lowest BCUT2D eigenvalue weighted by atomic mass is 10.1. The number of benzene rings is 1. The number of imidazole rings is 1. The number of nitrogens with zero attached hydrogens (tertiary/aromatic N) is 5. The molecule has 160 valence electrons. The lowest BCUT2D eigenvalue weighted by Gasteiger charge is -2.05. The van der Waals surface area contributed by atoms with Gasteiger partial charge in [-0.3, -0.25) is 9.48 Å². The Balaban J connectivity index is 1.79. The molecular weight excluding hydrogens is 410 g/mol. The van der Waals surface area contributed by atoms with Crippen LogP contribution in [0.3, 0.4) is 0 Å². The molecule has 3 heterocycles. The first-order chi connectivity index (χ1) is 14.8. The van der Waals surface area contributed by atoms with Crippen LogP contribution < -0.4 is 0 Å². The van der Waals surface area contributed by atoms with E-state index in [1.54, 1.807) is 16.8 Å². The molecule has 0 unspecified atom stereocenters. The molecule has 3 aromatic heterocycles. The molecule has 0 saturated carbocycles. The molecule has 4 aromatic rings. The Labute approximate surface area is 186 Å². The second kappa shape index (κ2) is 8.19. The molecule has 0 aliphatic rings. The lowest BCUT2D eigenvalue weighted by molar-refractivity contribution is 0.104. The van der Waals surface area contributed by atoms with Crippen LogP contribution in [0, 0.1) is 19.8 Å². The quantitative estimate of drug-likeness (QED) is 0.219. The fourth-order valence-electron chi connectivity index (χ4n) is 3.99. The van der Waals surface area contributed by atoms with Crippen molar-refractivity contribution in [2.24, 2.45) is 5.92 Å². The molecule has 0 spiro atoms. The number of carbonyl (C=O) groups excluding carboxylic acids is 1. The van der Waals surface area contributed by atoms with Gasteiger partial charge < -0.3 is 4.57 Å². The van der Waals surface area contributed by atoms with E-state index in [1.807, 2.05) is 48.7 Å². The molecule has 1 aromatic carbocycles. The van der Waals surface area contributed by atoms with Gasteiger partial charge in [-0.15, -0.1) is 6.58 Å². The van der Waals surface area contributed by atoms with Crippen molar-refractivity contribution in [2.45, 2.75) is 40.8 Å². The Morgan fingerprint density at radius 2 is 1.87 bits per heavy atom. The molecule has 0 fully saturated rings. The van der Waals surface area contributed by atoms with Crippen molar-refractivity contribution in [3.63, 3.8) is 0 Å². The van der Waals surface area contributed by atoms with E-state index >= 15 is 0 Å². The summed E-state index contributed by atoms with van der Waals surface area (Å²) in [6, 6.07) is 7.98. The van der Waals surface area contributed by atoms with E-state index in [-0.39, 0.29) is 5.78 Å². The smallest absolute Gasteiger partial charge is 0.191 e. The third-order valence-electron chi connectivity index (χ3n) is 5.30. The van der Waals surface area contributed by atoms with Crippen LogP contribution in [0.15, 0.2) is 43.0 Å². The average molecular weight is 436 g/mol. The maximum absolute atomic E-state index is 13.3. The van der Waals surface area contributed by atoms with Gasteiger partial charge in [0.25, 0.3) is 0 Å². The fourth-order valence-corrected chi connectivity index (χ4v) is 4.29. The fraction of sp³-hybridized carbons (Fsp3) is 0.292. The molecule has 0 saturated heterocycles. The van der Waals surface area contributed by atoms with Crippen LogP contribution >= 0.6 is 11.6 Å². The van der Waals surface area contributed by atoms with Crippen LogP contribution in [-0.4, -0.2) is 29.7 Å². The highest BCUT2D eigenvalue weighted by Gasteiger charge is 2.22. The third-order valence-corrected chi connectivity index (χ3v) is 5.70. The van der Waals surface area contributed by atoms with E-state index in [9.17, 15) is 4.79 Å². The zero-order valence-electron chi connectivity index (χ0n) is 18.3. The molecule has 0 aliphatic heterocycles. The highest BCUT2D eigenvalue weighted by atomic mass is 35.5. The molecule has 0 amide bonds. The van der Waals surface area contributed by atoms with Crippen LogP contribution in [0.5, 0.6) is 0 Å². The van der Waals surface area contributed by atoms with E-state index < -0.39 is 0 Å². The summed E-state index contributed by atoms with van der Waals surface area (Å²) in [6.07, 6.45) is 5.15. The summed E-state index contributed by atoms with van der Waals surface area (Å²) in [7, 11) is 0. The molecule has 4 rings (SSSR count). The maximum atomic E-state index is 13.3. The standard InChI is InChI=1S/C24H26ClN5O/c1-6-13-28-19-9-7-8-10-20(19)30-24(28)22(17(5)27-30)21(31)12-11-18-16(4)26-29(23(18)25)14-15(2)3/h6-12,15H,1,13-14H2,2-5H3. The van der Waals surface area contributed by atoms with Crippen LogP contribution in [0.1, 0.15) is 41.2 Å². The third kappa shape index (κ3) is 3.61. The number of aryl methyl sites for hydroxylation is 2. The predicted molar refractivity (Wildman–Crippen MR) is 126 cm³/mol. The number of hydrogen-bond acceptors (Lipinski definition) is 3. The van der Waals surface area contributed by atoms with Gasteiger partial charge in [-0.1, -0.05) is 43.7 Å². The molecule has 0 aliphatic carbocycles. The number of fused-ring (bicyclic) bond motifs is 3. The Bertz CT molecular complexity index is 1340. The van der Waals surface area contributed by atoms with Crippen molar-refractivity contribution in [2.75, 3.05) is 0 Å². The van der Waals surface area contributed by atoms with E-state index in [0.717, 1.165) is 34.5 Å². The van der Waals surface area contributed by atoms with Gasteiger partial charge in [0, 0.05) is 18.7 Å². The monoisotopic (exact) mass is 435 g/mol. The minimum Gasteiger partial charge on any atom is -0.320 e. The highest BCUT2D eigenvalue weighted by Crippen LogP contribution is 2.27. The predicted octanol–water partition coefficient (Wildman–Crippen LogP) is 5.49. The van der Waals surface area contributed by atoms with Crippen molar-refractivity contribution in [1.82, 2.24) is 24.0 Å². The van der Waals surface area contributed by atoms with Crippen LogP contribution in [-0.2, 0) is 13.1 Å². The normalized spacial score (nSPS) is 12.1. The van der Waals surface area contributed by atoms with Gasteiger partial charge in [-0.05, 0) is 44.1 Å². The SMILES string of the molecule is C=CCn1c2ccccc2n2nc(C)c(C(=O)C=Cc3c(C)nn(CC(C)C)c3Cl)c12. The number of ketones is 1. The number of hydrogen-bond donors (Lipinski definition) is 0. The maximum Gasteiger partial charge on any atom is 0.191 e. The van der Waals surface area contributed by atoms with Crippen LogP contribution in [0.25, 0.3) is 22.8 Å². The summed E-state index contributed by atoms with van der Waals surface area (Å²) in [5.41, 5.74) is 5.57. The average Bonchev–Trinajstić information content (AvgIpc) is 3.30. The van der Waals surface area contributed by atoms with E-state index in [0.29, 0.717) is 28.9 Å². The Hall–Kier alpha value is -3.12. The second-order valence-electron chi connectivity index (χ2n) is 8.15. The number of allylic oxidation sites excluding steroid dienone is 2. The summed E-state index contributed by atoms with van der Waals surface area (Å²) in [6.45, 7) is 13.2. The van der Waals surface area contributed by atoms with Gasteiger partial charge in [0.05, 0.1) is 28.0 Å². The number of rotatable bonds is 7. The van der Waals surface area contributed by atoms with Gasteiger partial charge in [0.15, 0.2) is 5.78 Å². The van der Waals surface area contributed by atoms with Crippen molar-refractivity contribution >= 4 is 40.1 Å². The van der Waals surface area contributed by atoms with Crippen LogP contribution in [0.4, 0.5) is 0 Å². The summed E-state index contributed by atoms with van der Waals surface area (Å²) in [5.74, 6) is 0.304. The Morgan fingerprint density at radius 3 is 2.55 bits per heavy atom.